The van der Waals surface area contributed by atoms with Crippen LogP contribution in [-0.2, 0) is 13.1 Å². The first-order valence-corrected chi connectivity index (χ1v) is 8.36. The Hall–Kier alpha value is -2.10. The Morgan fingerprint density at radius 1 is 0.652 bits per heavy atom. The number of hydrogen-bond acceptors (Lipinski definition) is 2. The molecule has 0 fully saturated rings. The first-order chi connectivity index (χ1) is 11.3. The lowest BCUT2D eigenvalue weighted by Gasteiger charge is -2.08. The van der Waals surface area contributed by atoms with E-state index in [9.17, 15) is 0 Å². The number of ether oxygens (including phenoxy) is 1. The van der Waals surface area contributed by atoms with Gasteiger partial charge in [0, 0.05) is 17.6 Å². The quantitative estimate of drug-likeness (QED) is 0.618. The van der Waals surface area contributed by atoms with Crippen molar-refractivity contribution in [1.82, 2.24) is 5.32 Å². The maximum atomic E-state index is 5.82. The van der Waals surface area contributed by atoms with Crippen LogP contribution in [0.3, 0.4) is 0 Å². The van der Waals surface area contributed by atoms with Gasteiger partial charge in [-0.15, -0.1) is 0 Å². The smallest absolute Gasteiger partial charge is 0.127 e. The number of nitrogens with one attached hydrogen (secondary N) is 1. The molecular weight excluding hydrogens is 350 g/mol. The van der Waals surface area contributed by atoms with E-state index in [0.717, 1.165) is 29.1 Å². The SMILES string of the molecule is Brc1ccc(Oc2ccc(CNCc3ccccc3)cc2)cc1. The minimum Gasteiger partial charge on any atom is -0.457 e. The van der Waals surface area contributed by atoms with Gasteiger partial charge in [-0.25, -0.2) is 0 Å². The van der Waals surface area contributed by atoms with E-state index in [2.05, 4.69) is 57.6 Å². The molecule has 23 heavy (non-hydrogen) atoms. The predicted octanol–water partition coefficient (Wildman–Crippen LogP) is 5.53. The average molecular weight is 368 g/mol. The summed E-state index contributed by atoms with van der Waals surface area (Å²) in [5.41, 5.74) is 2.53. The highest BCUT2D eigenvalue weighted by atomic mass is 79.9. The molecule has 0 atom stereocenters. The summed E-state index contributed by atoms with van der Waals surface area (Å²) in [6.07, 6.45) is 0. The van der Waals surface area contributed by atoms with Crippen molar-refractivity contribution in [2.24, 2.45) is 0 Å². The van der Waals surface area contributed by atoms with Crippen LogP contribution in [0.25, 0.3) is 0 Å². The predicted molar refractivity (Wildman–Crippen MR) is 97.6 cm³/mol. The molecule has 0 aromatic heterocycles. The van der Waals surface area contributed by atoms with Gasteiger partial charge in [0.25, 0.3) is 0 Å². The fourth-order valence-corrected chi connectivity index (χ4v) is 2.53. The number of hydrogen-bond donors (Lipinski definition) is 1. The molecule has 3 rings (SSSR count). The summed E-state index contributed by atoms with van der Waals surface area (Å²) in [6, 6.07) is 26.4. The molecule has 2 nitrogen and oxygen atoms in total. The van der Waals surface area contributed by atoms with E-state index in [1.807, 2.05) is 42.5 Å². The van der Waals surface area contributed by atoms with Gasteiger partial charge < -0.3 is 10.1 Å². The zero-order chi connectivity index (χ0) is 15.9. The second kappa shape index (κ2) is 7.95. The second-order valence-electron chi connectivity index (χ2n) is 5.29. The Labute approximate surface area is 145 Å². The zero-order valence-corrected chi connectivity index (χ0v) is 14.3. The van der Waals surface area contributed by atoms with E-state index < -0.39 is 0 Å². The summed E-state index contributed by atoms with van der Waals surface area (Å²) in [6.45, 7) is 1.71. The highest BCUT2D eigenvalue weighted by Gasteiger charge is 1.99. The molecule has 0 bridgehead atoms. The molecule has 3 aromatic rings. The van der Waals surface area contributed by atoms with E-state index in [4.69, 9.17) is 4.74 Å². The first kappa shape index (κ1) is 15.8. The Morgan fingerprint density at radius 2 is 1.17 bits per heavy atom. The largest absolute Gasteiger partial charge is 0.457 e. The molecule has 1 N–H and O–H groups in total. The Balaban J connectivity index is 1.51. The van der Waals surface area contributed by atoms with Gasteiger partial charge in [0.1, 0.15) is 11.5 Å². The molecule has 3 aromatic carbocycles. The molecule has 0 saturated heterocycles. The van der Waals surface area contributed by atoms with Gasteiger partial charge in [0.05, 0.1) is 0 Å². The molecule has 0 unspecified atom stereocenters. The van der Waals surface area contributed by atoms with Crippen LogP contribution in [-0.4, -0.2) is 0 Å². The van der Waals surface area contributed by atoms with Gasteiger partial charge >= 0.3 is 0 Å². The normalized spacial score (nSPS) is 10.5. The summed E-state index contributed by atoms with van der Waals surface area (Å²) in [4.78, 5) is 0. The highest BCUT2D eigenvalue weighted by molar-refractivity contribution is 9.10. The first-order valence-electron chi connectivity index (χ1n) is 7.56. The molecular formula is C20H18BrNO. The van der Waals surface area contributed by atoms with Crippen LogP contribution in [0.4, 0.5) is 0 Å². The van der Waals surface area contributed by atoms with Crippen LogP contribution in [0.15, 0.2) is 83.3 Å². The molecule has 116 valence electrons. The van der Waals surface area contributed by atoms with Crippen LogP contribution in [0, 0.1) is 0 Å². The fraction of sp³-hybridized carbons (Fsp3) is 0.100. The maximum Gasteiger partial charge on any atom is 0.127 e. The summed E-state index contributed by atoms with van der Waals surface area (Å²) < 4.78 is 6.87. The van der Waals surface area contributed by atoms with Crippen molar-refractivity contribution in [2.75, 3.05) is 0 Å². The van der Waals surface area contributed by atoms with Crippen molar-refractivity contribution in [3.63, 3.8) is 0 Å². The second-order valence-corrected chi connectivity index (χ2v) is 6.20. The van der Waals surface area contributed by atoms with Crippen molar-refractivity contribution in [3.8, 4) is 11.5 Å². The van der Waals surface area contributed by atoms with Crippen molar-refractivity contribution in [1.29, 1.82) is 0 Å². The standard InChI is InChI=1S/C20H18BrNO/c21-18-8-12-20(13-9-18)23-19-10-6-17(7-11-19)15-22-14-16-4-2-1-3-5-16/h1-13,22H,14-15H2. The third-order valence-corrected chi connectivity index (χ3v) is 4.00. The van der Waals surface area contributed by atoms with Gasteiger partial charge in [0.2, 0.25) is 0 Å². The lowest BCUT2D eigenvalue weighted by atomic mass is 10.2. The zero-order valence-electron chi connectivity index (χ0n) is 12.7. The van der Waals surface area contributed by atoms with E-state index >= 15 is 0 Å². The monoisotopic (exact) mass is 367 g/mol. The van der Waals surface area contributed by atoms with Gasteiger partial charge in [-0.1, -0.05) is 58.4 Å². The van der Waals surface area contributed by atoms with Crippen molar-refractivity contribution in [3.05, 3.63) is 94.5 Å². The molecule has 0 aliphatic carbocycles. The third-order valence-electron chi connectivity index (χ3n) is 3.47. The van der Waals surface area contributed by atoms with Gasteiger partial charge in [-0.2, -0.15) is 0 Å². The Bertz CT molecular complexity index is 724. The van der Waals surface area contributed by atoms with Crippen LogP contribution < -0.4 is 10.1 Å². The minimum absolute atomic E-state index is 0.836. The number of rotatable bonds is 6. The van der Waals surface area contributed by atoms with Gasteiger partial charge in [-0.05, 0) is 47.5 Å². The lowest BCUT2D eigenvalue weighted by molar-refractivity contribution is 0.482. The van der Waals surface area contributed by atoms with E-state index in [1.165, 1.54) is 11.1 Å². The lowest BCUT2D eigenvalue weighted by Crippen LogP contribution is -2.12. The minimum atomic E-state index is 0.836. The van der Waals surface area contributed by atoms with Crippen LogP contribution in [0.1, 0.15) is 11.1 Å². The Kier molecular flexibility index (Phi) is 5.46. The van der Waals surface area contributed by atoms with E-state index in [0.29, 0.717) is 0 Å². The summed E-state index contributed by atoms with van der Waals surface area (Å²) >= 11 is 3.42. The topological polar surface area (TPSA) is 21.3 Å². The molecule has 0 saturated carbocycles. The van der Waals surface area contributed by atoms with Crippen LogP contribution >= 0.6 is 15.9 Å². The van der Waals surface area contributed by atoms with Crippen molar-refractivity contribution < 1.29 is 4.74 Å². The van der Waals surface area contributed by atoms with Crippen LogP contribution in [0.5, 0.6) is 11.5 Å². The maximum absolute atomic E-state index is 5.82. The third kappa shape index (κ3) is 4.95. The van der Waals surface area contributed by atoms with Crippen LogP contribution in [0.2, 0.25) is 0 Å². The fourth-order valence-electron chi connectivity index (χ4n) is 2.26. The molecule has 0 aliphatic rings. The summed E-state index contributed by atoms with van der Waals surface area (Å²) in [7, 11) is 0. The van der Waals surface area contributed by atoms with Gasteiger partial charge in [-0.3, -0.25) is 0 Å². The molecule has 0 amide bonds. The molecule has 0 aliphatic heterocycles. The van der Waals surface area contributed by atoms with Crippen molar-refractivity contribution >= 4 is 15.9 Å². The molecule has 0 radical (unpaired) electrons. The molecule has 0 heterocycles. The van der Waals surface area contributed by atoms with E-state index in [-0.39, 0.29) is 0 Å². The summed E-state index contributed by atoms with van der Waals surface area (Å²) in [5, 5.41) is 3.45. The molecule has 3 heteroatoms. The average Bonchev–Trinajstić information content (AvgIpc) is 2.59. The number of halogens is 1. The number of benzene rings is 3. The molecule has 0 spiro atoms. The van der Waals surface area contributed by atoms with E-state index in [1.54, 1.807) is 0 Å². The highest BCUT2D eigenvalue weighted by Crippen LogP contribution is 2.23. The van der Waals surface area contributed by atoms with Gasteiger partial charge in [0.15, 0.2) is 0 Å². The van der Waals surface area contributed by atoms with Crippen molar-refractivity contribution in [2.45, 2.75) is 13.1 Å². The summed E-state index contributed by atoms with van der Waals surface area (Å²) in [5.74, 6) is 1.68. The Morgan fingerprint density at radius 3 is 1.78 bits per heavy atom.